The predicted octanol–water partition coefficient (Wildman–Crippen LogP) is 1.98. The highest BCUT2D eigenvalue weighted by Crippen LogP contribution is 2.24. The van der Waals surface area contributed by atoms with Crippen LogP contribution in [0.1, 0.15) is 24.2 Å². The molecular formula is C13H15FN2O4. The van der Waals surface area contributed by atoms with Gasteiger partial charge in [-0.2, -0.15) is 0 Å². The summed E-state index contributed by atoms with van der Waals surface area (Å²) in [4.78, 5) is 24.1. The first-order valence-corrected chi connectivity index (χ1v) is 6.17. The monoisotopic (exact) mass is 282 g/mol. The number of nitrogens with zero attached hydrogens (tertiary/aromatic N) is 2. The van der Waals surface area contributed by atoms with Crippen LogP contribution in [0.4, 0.5) is 10.1 Å². The van der Waals surface area contributed by atoms with E-state index in [1.807, 2.05) is 13.8 Å². The molecule has 0 aromatic heterocycles. The molecule has 1 heterocycles. The lowest BCUT2D eigenvalue weighted by molar-refractivity contribution is -0.385. The van der Waals surface area contributed by atoms with Gasteiger partial charge in [-0.25, -0.2) is 4.39 Å². The van der Waals surface area contributed by atoms with Crippen LogP contribution >= 0.6 is 0 Å². The van der Waals surface area contributed by atoms with E-state index < -0.39 is 22.2 Å². The van der Waals surface area contributed by atoms with E-state index in [1.54, 1.807) is 0 Å². The Labute approximate surface area is 115 Å². The number of nitro benzene ring substituents is 1. The predicted molar refractivity (Wildman–Crippen MR) is 69.0 cm³/mol. The third-order valence-electron chi connectivity index (χ3n) is 3.10. The van der Waals surface area contributed by atoms with Crippen LogP contribution in [0.25, 0.3) is 0 Å². The van der Waals surface area contributed by atoms with Gasteiger partial charge in [0.1, 0.15) is 11.4 Å². The lowest BCUT2D eigenvalue weighted by Gasteiger charge is -2.38. The number of carbonyl (C=O) groups is 1. The van der Waals surface area contributed by atoms with Gasteiger partial charge in [-0.05, 0) is 26.0 Å². The minimum atomic E-state index is -0.682. The third-order valence-corrected chi connectivity index (χ3v) is 3.10. The number of nitro groups is 1. The third kappa shape index (κ3) is 2.93. The van der Waals surface area contributed by atoms with Crippen molar-refractivity contribution in [2.75, 3.05) is 19.7 Å². The molecule has 0 bridgehead atoms. The van der Waals surface area contributed by atoms with E-state index in [0.29, 0.717) is 19.7 Å². The van der Waals surface area contributed by atoms with Crippen molar-refractivity contribution in [3.05, 3.63) is 39.7 Å². The molecule has 20 heavy (non-hydrogen) atoms. The summed E-state index contributed by atoms with van der Waals surface area (Å²) in [6, 6.07) is 2.88. The minimum absolute atomic E-state index is 0.229. The Morgan fingerprint density at radius 3 is 2.80 bits per heavy atom. The molecular weight excluding hydrogens is 267 g/mol. The Morgan fingerprint density at radius 2 is 2.20 bits per heavy atom. The van der Waals surface area contributed by atoms with Crippen LogP contribution in [0, 0.1) is 15.9 Å². The maximum Gasteiger partial charge on any atom is 0.282 e. The number of morpholine rings is 1. The van der Waals surface area contributed by atoms with Crippen LogP contribution in [0.15, 0.2) is 18.2 Å². The molecule has 2 rings (SSSR count). The zero-order valence-electron chi connectivity index (χ0n) is 11.3. The number of hydrogen-bond acceptors (Lipinski definition) is 4. The highest BCUT2D eigenvalue weighted by Gasteiger charge is 2.33. The quantitative estimate of drug-likeness (QED) is 0.614. The SMILES string of the molecule is CC1(C)CN(C(=O)c2cc(F)ccc2[N+](=O)[O-])CCO1. The number of ether oxygens (including phenoxy) is 1. The Bertz CT molecular complexity index is 559. The molecule has 0 aliphatic carbocycles. The van der Waals surface area contributed by atoms with Crippen molar-refractivity contribution in [3.8, 4) is 0 Å². The number of amides is 1. The molecule has 1 aliphatic heterocycles. The average molecular weight is 282 g/mol. The molecule has 6 nitrogen and oxygen atoms in total. The highest BCUT2D eigenvalue weighted by molar-refractivity contribution is 5.98. The Morgan fingerprint density at radius 1 is 1.50 bits per heavy atom. The van der Waals surface area contributed by atoms with Crippen molar-refractivity contribution in [1.82, 2.24) is 4.90 Å². The topological polar surface area (TPSA) is 72.7 Å². The Balaban J connectivity index is 2.33. The van der Waals surface area contributed by atoms with Crippen molar-refractivity contribution in [1.29, 1.82) is 0 Å². The van der Waals surface area contributed by atoms with Gasteiger partial charge >= 0.3 is 0 Å². The molecule has 7 heteroatoms. The second kappa shape index (κ2) is 5.16. The second-order valence-corrected chi connectivity index (χ2v) is 5.25. The lowest BCUT2D eigenvalue weighted by Crippen LogP contribution is -2.50. The molecule has 1 aromatic rings. The Kier molecular flexibility index (Phi) is 3.71. The zero-order valence-corrected chi connectivity index (χ0v) is 11.3. The normalized spacial score (nSPS) is 17.9. The molecule has 0 unspecified atom stereocenters. The van der Waals surface area contributed by atoms with Crippen molar-refractivity contribution in [2.45, 2.75) is 19.4 Å². The molecule has 0 N–H and O–H groups in total. The number of hydrogen-bond donors (Lipinski definition) is 0. The van der Waals surface area contributed by atoms with Crippen molar-refractivity contribution < 1.29 is 18.8 Å². The van der Waals surface area contributed by atoms with E-state index in [4.69, 9.17) is 4.74 Å². The van der Waals surface area contributed by atoms with Gasteiger partial charge in [0.25, 0.3) is 11.6 Å². The van der Waals surface area contributed by atoms with E-state index in [9.17, 15) is 19.3 Å². The maximum absolute atomic E-state index is 13.3. The fraction of sp³-hybridized carbons (Fsp3) is 0.462. The molecule has 0 saturated carbocycles. The van der Waals surface area contributed by atoms with Crippen molar-refractivity contribution in [2.24, 2.45) is 0 Å². The first-order valence-electron chi connectivity index (χ1n) is 6.17. The number of halogens is 1. The van der Waals surface area contributed by atoms with Gasteiger partial charge in [-0.3, -0.25) is 14.9 Å². The van der Waals surface area contributed by atoms with Crippen LogP contribution < -0.4 is 0 Å². The van der Waals surface area contributed by atoms with E-state index in [0.717, 1.165) is 18.2 Å². The van der Waals surface area contributed by atoms with E-state index in [1.165, 1.54) is 4.90 Å². The molecule has 1 saturated heterocycles. The van der Waals surface area contributed by atoms with Gasteiger partial charge < -0.3 is 9.64 Å². The Hall–Kier alpha value is -2.02. The van der Waals surface area contributed by atoms with Gasteiger partial charge in [-0.1, -0.05) is 0 Å². The van der Waals surface area contributed by atoms with Gasteiger partial charge in [0.05, 0.1) is 17.1 Å². The van der Waals surface area contributed by atoms with Crippen LogP contribution in [0.3, 0.4) is 0 Å². The number of carbonyl (C=O) groups excluding carboxylic acids is 1. The number of benzene rings is 1. The van der Waals surface area contributed by atoms with Crippen molar-refractivity contribution in [3.63, 3.8) is 0 Å². The fourth-order valence-corrected chi connectivity index (χ4v) is 2.20. The van der Waals surface area contributed by atoms with Crippen LogP contribution in [0.5, 0.6) is 0 Å². The highest BCUT2D eigenvalue weighted by atomic mass is 19.1. The summed E-state index contributed by atoms with van der Waals surface area (Å²) >= 11 is 0. The molecule has 1 aromatic carbocycles. The second-order valence-electron chi connectivity index (χ2n) is 5.25. The van der Waals surface area contributed by atoms with E-state index in [2.05, 4.69) is 0 Å². The molecule has 0 atom stereocenters. The minimum Gasteiger partial charge on any atom is -0.372 e. The summed E-state index contributed by atoms with van der Waals surface area (Å²) in [5, 5.41) is 10.9. The van der Waals surface area contributed by atoms with E-state index in [-0.39, 0.29) is 11.3 Å². The summed E-state index contributed by atoms with van der Waals surface area (Å²) in [7, 11) is 0. The zero-order chi connectivity index (χ0) is 14.9. The number of rotatable bonds is 2. The van der Waals surface area contributed by atoms with Gasteiger partial charge in [0.2, 0.25) is 0 Å². The average Bonchev–Trinajstić information content (AvgIpc) is 2.36. The first kappa shape index (κ1) is 14.4. The van der Waals surface area contributed by atoms with Gasteiger partial charge in [-0.15, -0.1) is 0 Å². The van der Waals surface area contributed by atoms with Crippen molar-refractivity contribution >= 4 is 11.6 Å². The van der Waals surface area contributed by atoms with Gasteiger partial charge in [0.15, 0.2) is 0 Å². The van der Waals surface area contributed by atoms with Crippen LogP contribution in [-0.2, 0) is 4.74 Å². The molecule has 108 valence electrons. The fourth-order valence-electron chi connectivity index (χ4n) is 2.20. The van der Waals surface area contributed by atoms with Crippen LogP contribution in [-0.4, -0.2) is 41.0 Å². The molecule has 0 radical (unpaired) electrons. The first-order chi connectivity index (χ1) is 9.30. The van der Waals surface area contributed by atoms with Gasteiger partial charge in [0, 0.05) is 19.2 Å². The summed E-state index contributed by atoms with van der Waals surface area (Å²) in [5.74, 6) is -1.22. The molecule has 0 spiro atoms. The lowest BCUT2D eigenvalue weighted by atomic mass is 10.1. The van der Waals surface area contributed by atoms with E-state index >= 15 is 0 Å². The summed E-state index contributed by atoms with van der Waals surface area (Å²) < 4.78 is 18.8. The van der Waals surface area contributed by atoms with Crippen LogP contribution in [0.2, 0.25) is 0 Å². The smallest absolute Gasteiger partial charge is 0.282 e. The summed E-state index contributed by atoms with van der Waals surface area (Å²) in [6.07, 6.45) is 0. The summed E-state index contributed by atoms with van der Waals surface area (Å²) in [5.41, 5.74) is -1.14. The standard InChI is InChI=1S/C13H15FN2O4/c1-13(2)8-15(5-6-20-13)12(17)10-7-9(14)3-4-11(10)16(18)19/h3-4,7H,5-6,8H2,1-2H3. The maximum atomic E-state index is 13.3. The molecule has 1 amide bonds. The molecule has 1 fully saturated rings. The summed E-state index contributed by atoms with van der Waals surface area (Å²) in [6.45, 7) is 4.64. The molecule has 1 aliphatic rings. The largest absolute Gasteiger partial charge is 0.372 e.